The van der Waals surface area contributed by atoms with Gasteiger partial charge in [-0.15, -0.1) is 11.3 Å². The number of amides is 1. The fraction of sp³-hybridized carbons (Fsp3) is 0.364. The maximum absolute atomic E-state index is 12.5. The average molecular weight is 413 g/mol. The fourth-order valence-corrected chi connectivity index (χ4v) is 5.10. The van der Waals surface area contributed by atoms with E-state index in [1.807, 2.05) is 18.2 Å². The van der Waals surface area contributed by atoms with Crippen LogP contribution in [-0.2, 0) is 22.4 Å². The number of rotatable bonds is 5. The summed E-state index contributed by atoms with van der Waals surface area (Å²) >= 11 is 1.49. The minimum Gasteiger partial charge on any atom is -0.465 e. The molecule has 1 unspecified atom stereocenters. The van der Waals surface area contributed by atoms with Gasteiger partial charge >= 0.3 is 5.97 Å². The van der Waals surface area contributed by atoms with E-state index < -0.39 is 5.97 Å². The van der Waals surface area contributed by atoms with Gasteiger partial charge in [-0.2, -0.15) is 0 Å². The Morgan fingerprint density at radius 1 is 1.31 bits per heavy atom. The molecule has 152 valence electrons. The van der Waals surface area contributed by atoms with E-state index in [1.165, 1.54) is 29.4 Å². The molecule has 0 fully saturated rings. The Morgan fingerprint density at radius 2 is 2.14 bits per heavy atom. The monoisotopic (exact) mass is 413 g/mol. The minimum absolute atomic E-state index is 0.210. The van der Waals surface area contributed by atoms with Crippen LogP contribution in [-0.4, -0.2) is 25.8 Å². The molecule has 0 saturated carbocycles. The number of ether oxygens (including phenoxy) is 3. The van der Waals surface area contributed by atoms with Crippen LogP contribution in [0.5, 0.6) is 11.5 Å². The second-order valence-corrected chi connectivity index (χ2v) is 8.26. The van der Waals surface area contributed by atoms with Crippen LogP contribution in [0, 0.1) is 5.92 Å². The van der Waals surface area contributed by atoms with Gasteiger partial charge < -0.3 is 19.5 Å². The topological polar surface area (TPSA) is 73.9 Å². The van der Waals surface area contributed by atoms with Crippen molar-refractivity contribution in [2.24, 2.45) is 5.92 Å². The maximum atomic E-state index is 12.5. The van der Waals surface area contributed by atoms with Gasteiger partial charge in [-0.05, 0) is 54.5 Å². The SMILES string of the molecule is CCC1CCc2c(sc(NC(=O)/C=C/c3ccc4c(c3)OCO4)c2C(=O)OC)C1. The van der Waals surface area contributed by atoms with Crippen molar-refractivity contribution < 1.29 is 23.8 Å². The van der Waals surface area contributed by atoms with Crippen molar-refractivity contribution in [1.82, 2.24) is 0 Å². The second-order valence-electron chi connectivity index (χ2n) is 7.15. The lowest BCUT2D eigenvalue weighted by atomic mass is 9.86. The molecule has 1 aliphatic heterocycles. The molecule has 2 aromatic rings. The fourth-order valence-electron chi connectivity index (χ4n) is 3.75. The molecule has 1 aliphatic carbocycles. The highest BCUT2D eigenvalue weighted by Gasteiger charge is 2.29. The first-order valence-corrected chi connectivity index (χ1v) is 10.5. The van der Waals surface area contributed by atoms with Gasteiger partial charge in [0.25, 0.3) is 0 Å². The third-order valence-corrected chi connectivity index (χ3v) is 6.56. The molecule has 0 bridgehead atoms. The van der Waals surface area contributed by atoms with E-state index in [0.717, 1.165) is 36.8 Å². The average Bonchev–Trinajstić information content (AvgIpc) is 3.34. The molecule has 1 aromatic carbocycles. The van der Waals surface area contributed by atoms with E-state index >= 15 is 0 Å². The molecular formula is C22H23NO5S. The van der Waals surface area contributed by atoms with Gasteiger partial charge in [0.15, 0.2) is 11.5 Å². The zero-order valence-corrected chi connectivity index (χ0v) is 17.3. The van der Waals surface area contributed by atoms with Crippen LogP contribution in [0.15, 0.2) is 24.3 Å². The number of carbonyl (C=O) groups is 2. The predicted molar refractivity (Wildman–Crippen MR) is 112 cm³/mol. The first-order chi connectivity index (χ1) is 14.1. The van der Waals surface area contributed by atoms with Gasteiger partial charge in [-0.1, -0.05) is 19.4 Å². The van der Waals surface area contributed by atoms with Crippen molar-refractivity contribution in [3.05, 3.63) is 45.8 Å². The van der Waals surface area contributed by atoms with Crippen LogP contribution in [0.1, 0.15) is 46.1 Å². The summed E-state index contributed by atoms with van der Waals surface area (Å²) in [6.07, 6.45) is 7.12. The summed E-state index contributed by atoms with van der Waals surface area (Å²) in [5, 5.41) is 3.44. The first kappa shape index (κ1) is 19.5. The Hall–Kier alpha value is -2.80. The van der Waals surface area contributed by atoms with E-state index in [1.54, 1.807) is 6.08 Å². The van der Waals surface area contributed by atoms with E-state index in [-0.39, 0.29) is 12.7 Å². The molecule has 0 saturated heterocycles. The van der Waals surface area contributed by atoms with Crippen molar-refractivity contribution in [2.45, 2.75) is 32.6 Å². The van der Waals surface area contributed by atoms with E-state index in [0.29, 0.717) is 28.0 Å². The Kier molecular flexibility index (Phi) is 5.58. The number of fused-ring (bicyclic) bond motifs is 2. The Labute approximate surface area is 173 Å². The molecule has 7 heteroatoms. The smallest absolute Gasteiger partial charge is 0.341 e. The number of methoxy groups -OCH3 is 1. The van der Waals surface area contributed by atoms with Crippen molar-refractivity contribution in [2.75, 3.05) is 19.2 Å². The van der Waals surface area contributed by atoms with Crippen LogP contribution in [0.2, 0.25) is 0 Å². The number of hydrogen-bond donors (Lipinski definition) is 1. The normalized spacial score (nSPS) is 17.2. The van der Waals surface area contributed by atoms with Crippen molar-refractivity contribution >= 4 is 34.3 Å². The van der Waals surface area contributed by atoms with E-state index in [2.05, 4.69) is 12.2 Å². The molecule has 2 aliphatic rings. The molecular weight excluding hydrogens is 390 g/mol. The number of anilines is 1. The molecule has 2 heterocycles. The van der Waals surface area contributed by atoms with Gasteiger partial charge in [-0.25, -0.2) is 4.79 Å². The molecule has 1 aromatic heterocycles. The zero-order valence-electron chi connectivity index (χ0n) is 16.4. The summed E-state index contributed by atoms with van der Waals surface area (Å²) in [6.45, 7) is 2.40. The first-order valence-electron chi connectivity index (χ1n) is 9.70. The Balaban J connectivity index is 1.53. The van der Waals surface area contributed by atoms with E-state index in [4.69, 9.17) is 14.2 Å². The Morgan fingerprint density at radius 3 is 2.93 bits per heavy atom. The van der Waals surface area contributed by atoms with Gasteiger partial charge in [0.05, 0.1) is 12.7 Å². The molecule has 29 heavy (non-hydrogen) atoms. The lowest BCUT2D eigenvalue weighted by Gasteiger charge is -2.20. The molecule has 1 atom stereocenters. The largest absolute Gasteiger partial charge is 0.465 e. The molecule has 1 amide bonds. The van der Waals surface area contributed by atoms with Crippen LogP contribution in [0.4, 0.5) is 5.00 Å². The Bertz CT molecular complexity index is 978. The van der Waals surface area contributed by atoms with Crippen LogP contribution < -0.4 is 14.8 Å². The minimum atomic E-state index is -0.396. The molecule has 0 radical (unpaired) electrons. The summed E-state index contributed by atoms with van der Waals surface area (Å²) in [4.78, 5) is 26.1. The van der Waals surface area contributed by atoms with Gasteiger partial charge in [0.2, 0.25) is 12.7 Å². The lowest BCUT2D eigenvalue weighted by Crippen LogP contribution is -2.15. The van der Waals surface area contributed by atoms with Crippen LogP contribution in [0.25, 0.3) is 6.08 Å². The summed E-state index contributed by atoms with van der Waals surface area (Å²) in [7, 11) is 1.37. The molecule has 4 rings (SSSR count). The predicted octanol–water partition coefficient (Wildman–Crippen LogP) is 4.43. The summed E-state index contributed by atoms with van der Waals surface area (Å²) in [5.41, 5.74) is 2.36. The number of hydrogen-bond acceptors (Lipinski definition) is 6. The maximum Gasteiger partial charge on any atom is 0.341 e. The van der Waals surface area contributed by atoms with Gasteiger partial charge in [0.1, 0.15) is 5.00 Å². The molecule has 1 N–H and O–H groups in total. The molecule has 0 spiro atoms. The standard InChI is InChI=1S/C22H23NO5S/c1-3-13-4-7-15-18(11-13)29-21(20(15)22(25)26-2)23-19(24)9-6-14-5-8-16-17(10-14)28-12-27-16/h5-6,8-10,13H,3-4,7,11-12H2,1-2H3,(H,23,24)/b9-6+. The molecule has 6 nitrogen and oxygen atoms in total. The van der Waals surface area contributed by atoms with Crippen LogP contribution >= 0.6 is 11.3 Å². The second kappa shape index (κ2) is 8.29. The van der Waals surface area contributed by atoms with Crippen molar-refractivity contribution in [3.63, 3.8) is 0 Å². The van der Waals surface area contributed by atoms with Gasteiger partial charge in [0, 0.05) is 11.0 Å². The third kappa shape index (κ3) is 4.00. The van der Waals surface area contributed by atoms with Gasteiger partial charge in [-0.3, -0.25) is 4.79 Å². The van der Waals surface area contributed by atoms with Crippen molar-refractivity contribution in [3.8, 4) is 11.5 Å². The number of benzene rings is 1. The summed E-state index contributed by atoms with van der Waals surface area (Å²) < 4.78 is 15.6. The highest BCUT2D eigenvalue weighted by molar-refractivity contribution is 7.17. The number of carbonyl (C=O) groups excluding carboxylic acids is 2. The quantitative estimate of drug-likeness (QED) is 0.580. The summed E-state index contributed by atoms with van der Waals surface area (Å²) in [5.74, 6) is 1.30. The highest BCUT2D eigenvalue weighted by atomic mass is 32.1. The zero-order chi connectivity index (χ0) is 20.4. The van der Waals surface area contributed by atoms with Crippen molar-refractivity contribution in [1.29, 1.82) is 0 Å². The lowest BCUT2D eigenvalue weighted by molar-refractivity contribution is -0.111. The number of nitrogens with one attached hydrogen (secondary N) is 1. The third-order valence-electron chi connectivity index (χ3n) is 5.39. The number of thiophene rings is 1. The number of esters is 1. The highest BCUT2D eigenvalue weighted by Crippen LogP contribution is 2.40. The van der Waals surface area contributed by atoms with Crippen LogP contribution in [0.3, 0.4) is 0 Å². The summed E-state index contributed by atoms with van der Waals surface area (Å²) in [6, 6.07) is 5.49. The van der Waals surface area contributed by atoms with E-state index in [9.17, 15) is 9.59 Å².